The molecule has 0 aliphatic carbocycles. The lowest BCUT2D eigenvalue weighted by atomic mass is 10.1. The third-order valence-electron chi connectivity index (χ3n) is 4.37. The predicted octanol–water partition coefficient (Wildman–Crippen LogP) is 0.953. The van der Waals surface area contributed by atoms with Crippen LogP contribution in [0.3, 0.4) is 0 Å². The summed E-state index contributed by atoms with van der Waals surface area (Å²) in [6, 6.07) is 6.25. The van der Waals surface area contributed by atoms with Crippen LogP contribution in [0.1, 0.15) is 32.3 Å². The van der Waals surface area contributed by atoms with Crippen LogP contribution in [-0.4, -0.2) is 57.7 Å². The van der Waals surface area contributed by atoms with Gasteiger partial charge in [-0.25, -0.2) is 16.8 Å². The SMILES string of the molecule is CCCc1ccc(S(=O)(=O)N(CC)CC(=O)NC2CCS(=O)(=O)C2)cc1. The Morgan fingerprint density at radius 2 is 1.88 bits per heavy atom. The van der Waals surface area contributed by atoms with E-state index in [1.807, 2.05) is 0 Å². The molecule has 0 bridgehead atoms. The van der Waals surface area contributed by atoms with Crippen LogP contribution in [0.4, 0.5) is 0 Å². The van der Waals surface area contributed by atoms with Crippen molar-refractivity contribution in [1.82, 2.24) is 9.62 Å². The summed E-state index contributed by atoms with van der Waals surface area (Å²) in [6.45, 7) is 3.54. The summed E-state index contributed by atoms with van der Waals surface area (Å²) in [5, 5.41) is 2.62. The topological polar surface area (TPSA) is 101 Å². The lowest BCUT2D eigenvalue weighted by Gasteiger charge is -2.21. The van der Waals surface area contributed by atoms with E-state index in [0.29, 0.717) is 6.42 Å². The number of hydrogen-bond donors (Lipinski definition) is 1. The first-order valence-corrected chi connectivity index (χ1v) is 12.0. The lowest BCUT2D eigenvalue weighted by molar-refractivity contribution is -0.121. The summed E-state index contributed by atoms with van der Waals surface area (Å²) in [6.07, 6.45) is 2.22. The summed E-state index contributed by atoms with van der Waals surface area (Å²) in [5.41, 5.74) is 1.06. The molecule has 1 aliphatic rings. The number of aryl methyl sites for hydroxylation is 1. The lowest BCUT2D eigenvalue weighted by Crippen LogP contribution is -2.44. The molecule has 1 aromatic carbocycles. The van der Waals surface area contributed by atoms with Gasteiger partial charge in [0.1, 0.15) is 0 Å². The highest BCUT2D eigenvalue weighted by atomic mass is 32.2. The number of sulfone groups is 1. The monoisotopic (exact) mass is 402 g/mol. The van der Waals surface area contributed by atoms with Crippen LogP contribution in [0.25, 0.3) is 0 Å². The van der Waals surface area contributed by atoms with Gasteiger partial charge in [0.15, 0.2) is 9.84 Å². The average Bonchev–Trinajstić information content (AvgIpc) is 2.91. The maximum absolute atomic E-state index is 12.8. The molecule has 9 heteroatoms. The molecule has 1 heterocycles. The molecule has 0 aromatic heterocycles. The fourth-order valence-corrected chi connectivity index (χ4v) is 6.05. The highest BCUT2D eigenvalue weighted by molar-refractivity contribution is 7.91. The number of carbonyl (C=O) groups excluding carboxylic acids is 1. The van der Waals surface area contributed by atoms with E-state index >= 15 is 0 Å². The normalized spacial score (nSPS) is 19.6. The van der Waals surface area contributed by atoms with Gasteiger partial charge in [-0.2, -0.15) is 4.31 Å². The van der Waals surface area contributed by atoms with Crippen molar-refractivity contribution in [2.45, 2.75) is 44.0 Å². The first-order chi connectivity index (χ1) is 12.2. The van der Waals surface area contributed by atoms with Crippen LogP contribution in [0.2, 0.25) is 0 Å². The number of likely N-dealkylation sites (N-methyl/N-ethyl adjacent to an activating group) is 1. The molecule has 0 saturated carbocycles. The van der Waals surface area contributed by atoms with E-state index in [0.717, 1.165) is 22.7 Å². The molecule has 1 unspecified atom stereocenters. The van der Waals surface area contributed by atoms with E-state index in [1.165, 1.54) is 0 Å². The van der Waals surface area contributed by atoms with Crippen molar-refractivity contribution in [2.75, 3.05) is 24.6 Å². The minimum atomic E-state index is -3.78. The number of benzene rings is 1. The van der Waals surface area contributed by atoms with E-state index < -0.39 is 31.8 Å². The highest BCUT2D eigenvalue weighted by Gasteiger charge is 2.31. The molecular weight excluding hydrogens is 376 g/mol. The van der Waals surface area contributed by atoms with Crippen LogP contribution in [-0.2, 0) is 31.1 Å². The predicted molar refractivity (Wildman–Crippen MR) is 100 cm³/mol. The quantitative estimate of drug-likeness (QED) is 0.698. The van der Waals surface area contributed by atoms with Gasteiger partial charge in [-0.15, -0.1) is 0 Å². The van der Waals surface area contributed by atoms with E-state index in [-0.39, 0.29) is 29.5 Å². The number of nitrogens with one attached hydrogen (secondary N) is 1. The van der Waals surface area contributed by atoms with Crippen LogP contribution in [0, 0.1) is 0 Å². The minimum absolute atomic E-state index is 0.0534. The third-order valence-corrected chi connectivity index (χ3v) is 8.07. The van der Waals surface area contributed by atoms with Gasteiger partial charge in [-0.3, -0.25) is 4.79 Å². The van der Waals surface area contributed by atoms with E-state index in [9.17, 15) is 21.6 Å². The van der Waals surface area contributed by atoms with Gasteiger partial charge in [-0.1, -0.05) is 32.4 Å². The summed E-state index contributed by atoms with van der Waals surface area (Å²) >= 11 is 0. The minimum Gasteiger partial charge on any atom is -0.351 e. The fraction of sp³-hybridized carbons (Fsp3) is 0.588. The number of hydrogen-bond acceptors (Lipinski definition) is 5. The number of nitrogens with zero attached hydrogens (tertiary/aromatic N) is 1. The molecule has 0 radical (unpaired) electrons. The van der Waals surface area contributed by atoms with Gasteiger partial charge < -0.3 is 5.32 Å². The van der Waals surface area contributed by atoms with Gasteiger partial charge in [-0.05, 0) is 30.5 Å². The van der Waals surface area contributed by atoms with E-state index in [1.54, 1.807) is 31.2 Å². The second kappa shape index (κ2) is 8.49. The Bertz CT molecular complexity index is 832. The first kappa shape index (κ1) is 20.9. The average molecular weight is 403 g/mol. The molecule has 1 N–H and O–H groups in total. The van der Waals surface area contributed by atoms with E-state index in [2.05, 4.69) is 12.2 Å². The Hall–Kier alpha value is -1.45. The Balaban J connectivity index is 2.05. The first-order valence-electron chi connectivity index (χ1n) is 8.77. The van der Waals surface area contributed by atoms with Crippen LogP contribution in [0.5, 0.6) is 0 Å². The van der Waals surface area contributed by atoms with Crippen LogP contribution < -0.4 is 5.32 Å². The second-order valence-electron chi connectivity index (χ2n) is 6.49. The zero-order valence-corrected chi connectivity index (χ0v) is 16.8. The van der Waals surface area contributed by atoms with Crippen molar-refractivity contribution >= 4 is 25.8 Å². The van der Waals surface area contributed by atoms with Gasteiger partial charge in [0, 0.05) is 12.6 Å². The molecular formula is C17H26N2O5S2. The van der Waals surface area contributed by atoms with E-state index in [4.69, 9.17) is 0 Å². The van der Waals surface area contributed by atoms with Crippen molar-refractivity contribution in [3.8, 4) is 0 Å². The molecule has 0 spiro atoms. The second-order valence-corrected chi connectivity index (χ2v) is 10.7. The molecule has 7 nitrogen and oxygen atoms in total. The Morgan fingerprint density at radius 1 is 1.23 bits per heavy atom. The third kappa shape index (κ3) is 5.28. The van der Waals surface area contributed by atoms with Crippen molar-refractivity contribution in [2.24, 2.45) is 0 Å². The van der Waals surface area contributed by atoms with Crippen molar-refractivity contribution < 1.29 is 21.6 Å². The van der Waals surface area contributed by atoms with Gasteiger partial charge in [0.25, 0.3) is 0 Å². The molecule has 1 aliphatic heterocycles. The smallest absolute Gasteiger partial charge is 0.243 e. The molecule has 146 valence electrons. The Morgan fingerprint density at radius 3 is 2.38 bits per heavy atom. The van der Waals surface area contributed by atoms with Crippen LogP contribution in [0.15, 0.2) is 29.2 Å². The van der Waals surface area contributed by atoms with Crippen molar-refractivity contribution in [3.05, 3.63) is 29.8 Å². The number of sulfonamides is 1. The number of carbonyl (C=O) groups is 1. The molecule has 1 aromatic rings. The molecule has 1 atom stereocenters. The number of rotatable bonds is 8. The van der Waals surface area contributed by atoms with Gasteiger partial charge >= 0.3 is 0 Å². The Labute approximate surface area is 155 Å². The molecule has 1 amide bonds. The maximum atomic E-state index is 12.8. The van der Waals surface area contributed by atoms with Crippen molar-refractivity contribution in [1.29, 1.82) is 0 Å². The summed E-state index contributed by atoms with van der Waals surface area (Å²) in [7, 11) is -6.88. The largest absolute Gasteiger partial charge is 0.351 e. The van der Waals surface area contributed by atoms with Crippen LogP contribution >= 0.6 is 0 Å². The van der Waals surface area contributed by atoms with Crippen molar-refractivity contribution in [3.63, 3.8) is 0 Å². The molecule has 2 rings (SSSR count). The zero-order valence-electron chi connectivity index (χ0n) is 15.1. The summed E-state index contributed by atoms with van der Waals surface area (Å²) in [4.78, 5) is 12.3. The van der Waals surface area contributed by atoms with Gasteiger partial charge in [0.05, 0.1) is 22.9 Å². The highest BCUT2D eigenvalue weighted by Crippen LogP contribution is 2.17. The number of amides is 1. The fourth-order valence-electron chi connectivity index (χ4n) is 2.97. The maximum Gasteiger partial charge on any atom is 0.243 e. The summed E-state index contributed by atoms with van der Waals surface area (Å²) in [5.74, 6) is -0.519. The summed E-state index contributed by atoms with van der Waals surface area (Å²) < 4.78 is 49.5. The Kier molecular flexibility index (Phi) is 6.81. The molecule has 26 heavy (non-hydrogen) atoms. The standard InChI is InChI=1S/C17H26N2O5S2/c1-3-5-14-6-8-16(9-7-14)26(23,24)19(4-2)12-17(20)18-15-10-11-25(21,22)13-15/h6-9,15H,3-5,10-13H2,1-2H3,(H,18,20). The van der Waals surface area contributed by atoms with Gasteiger partial charge in [0.2, 0.25) is 15.9 Å². The molecule has 1 fully saturated rings. The zero-order chi connectivity index (χ0) is 19.4. The molecule has 1 saturated heterocycles.